The second-order valence-corrected chi connectivity index (χ2v) is 5.51. The highest BCUT2D eigenvalue weighted by Gasteiger charge is 2.16. The summed E-state index contributed by atoms with van der Waals surface area (Å²) in [6.45, 7) is 4.11. The van der Waals surface area contributed by atoms with Gasteiger partial charge in [0, 0.05) is 40.3 Å². The Bertz CT molecular complexity index is 472. The summed E-state index contributed by atoms with van der Waals surface area (Å²) in [7, 11) is 3.82. The van der Waals surface area contributed by atoms with Crippen molar-refractivity contribution in [2.75, 3.05) is 57.0 Å². The highest BCUT2D eigenvalue weighted by Crippen LogP contribution is 2.32. The molecule has 0 bridgehead atoms. The molecule has 1 aliphatic rings. The van der Waals surface area contributed by atoms with Gasteiger partial charge in [-0.15, -0.1) is 0 Å². The minimum Gasteiger partial charge on any atom is -0.375 e. The second-order valence-electron chi connectivity index (χ2n) is 5.10. The van der Waals surface area contributed by atoms with Gasteiger partial charge in [-0.25, -0.2) is 0 Å². The van der Waals surface area contributed by atoms with E-state index in [1.807, 2.05) is 37.2 Å². The first-order valence-corrected chi connectivity index (χ1v) is 7.14. The van der Waals surface area contributed by atoms with Gasteiger partial charge in [0.05, 0.1) is 22.9 Å². The maximum atomic E-state index is 12.1. The van der Waals surface area contributed by atoms with Crippen LogP contribution in [-0.4, -0.2) is 57.6 Å². The Hall–Kier alpha value is -1.30. The standard InChI is InChI=1S/C14H21ClN4O/c1-18(2)14-11(15)4-3-5-12(14)17-13(20)10-19-8-6-16-7-9-19/h3-5,16H,6-10H2,1-2H3,(H,17,20). The molecule has 2 N–H and O–H groups in total. The number of nitrogens with zero attached hydrogens (tertiary/aromatic N) is 2. The number of anilines is 2. The van der Waals surface area contributed by atoms with E-state index in [0.717, 1.165) is 37.6 Å². The molecular formula is C14H21ClN4O. The summed E-state index contributed by atoms with van der Waals surface area (Å²) in [5, 5.41) is 6.86. The Kier molecular flexibility index (Phi) is 5.23. The maximum absolute atomic E-state index is 12.1. The number of carbonyl (C=O) groups excluding carboxylic acids is 1. The van der Waals surface area contributed by atoms with Crippen LogP contribution in [0.25, 0.3) is 0 Å². The van der Waals surface area contributed by atoms with E-state index in [2.05, 4.69) is 15.5 Å². The summed E-state index contributed by atoms with van der Waals surface area (Å²) < 4.78 is 0. The van der Waals surface area contributed by atoms with Gasteiger partial charge >= 0.3 is 0 Å². The lowest BCUT2D eigenvalue weighted by Gasteiger charge is -2.27. The van der Waals surface area contributed by atoms with Crippen molar-refractivity contribution >= 4 is 28.9 Å². The molecule has 1 aromatic carbocycles. The molecule has 1 heterocycles. The molecule has 0 spiro atoms. The van der Waals surface area contributed by atoms with Crippen molar-refractivity contribution < 1.29 is 4.79 Å². The van der Waals surface area contributed by atoms with Gasteiger partial charge in [-0.2, -0.15) is 0 Å². The van der Waals surface area contributed by atoms with Crippen LogP contribution in [0.3, 0.4) is 0 Å². The molecule has 0 atom stereocenters. The van der Waals surface area contributed by atoms with Gasteiger partial charge in [-0.3, -0.25) is 9.69 Å². The summed E-state index contributed by atoms with van der Waals surface area (Å²) in [5.74, 6) is -0.00253. The lowest BCUT2D eigenvalue weighted by molar-refractivity contribution is -0.117. The highest BCUT2D eigenvalue weighted by molar-refractivity contribution is 6.34. The van der Waals surface area contributed by atoms with Gasteiger partial charge in [0.1, 0.15) is 0 Å². The fourth-order valence-corrected chi connectivity index (χ4v) is 2.68. The summed E-state index contributed by atoms with van der Waals surface area (Å²) in [4.78, 5) is 16.2. The van der Waals surface area contributed by atoms with E-state index in [4.69, 9.17) is 11.6 Å². The Morgan fingerprint density at radius 2 is 2.10 bits per heavy atom. The molecule has 0 radical (unpaired) electrons. The fraction of sp³-hybridized carbons (Fsp3) is 0.500. The summed E-state index contributed by atoms with van der Waals surface area (Å²) >= 11 is 6.19. The summed E-state index contributed by atoms with van der Waals surface area (Å²) in [6, 6.07) is 5.54. The van der Waals surface area contributed by atoms with E-state index in [9.17, 15) is 4.79 Å². The minimum absolute atomic E-state index is 0.00253. The molecule has 5 nitrogen and oxygen atoms in total. The van der Waals surface area contributed by atoms with Gasteiger partial charge in [-0.05, 0) is 12.1 Å². The molecule has 1 fully saturated rings. The van der Waals surface area contributed by atoms with Crippen molar-refractivity contribution in [1.82, 2.24) is 10.2 Å². The largest absolute Gasteiger partial charge is 0.375 e. The molecule has 0 unspecified atom stereocenters. The van der Waals surface area contributed by atoms with Crippen LogP contribution in [0.2, 0.25) is 5.02 Å². The van der Waals surface area contributed by atoms with Crippen LogP contribution in [0.1, 0.15) is 0 Å². The molecule has 20 heavy (non-hydrogen) atoms. The van der Waals surface area contributed by atoms with Crippen molar-refractivity contribution in [3.63, 3.8) is 0 Å². The number of hydrogen-bond acceptors (Lipinski definition) is 4. The first kappa shape index (κ1) is 15.1. The molecule has 0 saturated carbocycles. The molecule has 0 aromatic heterocycles. The Morgan fingerprint density at radius 1 is 1.40 bits per heavy atom. The zero-order chi connectivity index (χ0) is 14.5. The van der Waals surface area contributed by atoms with Crippen molar-refractivity contribution in [3.8, 4) is 0 Å². The zero-order valence-electron chi connectivity index (χ0n) is 11.9. The van der Waals surface area contributed by atoms with E-state index in [0.29, 0.717) is 11.6 Å². The molecule has 2 rings (SSSR count). The van der Waals surface area contributed by atoms with Gasteiger partial charge < -0.3 is 15.5 Å². The monoisotopic (exact) mass is 296 g/mol. The number of halogens is 1. The van der Waals surface area contributed by atoms with Crippen LogP contribution in [0.5, 0.6) is 0 Å². The summed E-state index contributed by atoms with van der Waals surface area (Å²) in [5.41, 5.74) is 1.59. The van der Waals surface area contributed by atoms with Crippen molar-refractivity contribution in [2.24, 2.45) is 0 Å². The molecule has 110 valence electrons. The predicted octanol–water partition coefficient (Wildman–Crippen LogP) is 1.25. The number of amides is 1. The van der Waals surface area contributed by atoms with Crippen LogP contribution in [-0.2, 0) is 4.79 Å². The van der Waals surface area contributed by atoms with Gasteiger partial charge in [0.15, 0.2) is 0 Å². The van der Waals surface area contributed by atoms with Crippen LogP contribution in [0.15, 0.2) is 18.2 Å². The van der Waals surface area contributed by atoms with Crippen LogP contribution in [0, 0.1) is 0 Å². The van der Waals surface area contributed by atoms with E-state index >= 15 is 0 Å². The van der Waals surface area contributed by atoms with Crippen LogP contribution < -0.4 is 15.5 Å². The number of piperazine rings is 1. The minimum atomic E-state index is -0.00253. The third-order valence-electron chi connectivity index (χ3n) is 3.28. The highest BCUT2D eigenvalue weighted by atomic mass is 35.5. The number of carbonyl (C=O) groups is 1. The quantitative estimate of drug-likeness (QED) is 0.878. The second kappa shape index (κ2) is 6.92. The van der Waals surface area contributed by atoms with Crippen molar-refractivity contribution in [3.05, 3.63) is 23.2 Å². The molecule has 1 saturated heterocycles. The van der Waals surface area contributed by atoms with E-state index in [1.165, 1.54) is 0 Å². The lowest BCUT2D eigenvalue weighted by atomic mass is 10.2. The van der Waals surface area contributed by atoms with Crippen LogP contribution in [0.4, 0.5) is 11.4 Å². The van der Waals surface area contributed by atoms with Crippen molar-refractivity contribution in [1.29, 1.82) is 0 Å². The topological polar surface area (TPSA) is 47.6 Å². The first-order chi connectivity index (χ1) is 9.58. The van der Waals surface area contributed by atoms with Crippen LogP contribution >= 0.6 is 11.6 Å². The maximum Gasteiger partial charge on any atom is 0.238 e. The van der Waals surface area contributed by atoms with Gasteiger partial charge in [0.2, 0.25) is 5.91 Å². The third kappa shape index (κ3) is 3.85. The average Bonchev–Trinajstić information content (AvgIpc) is 2.39. The Labute approximate surface area is 124 Å². The van der Waals surface area contributed by atoms with Gasteiger partial charge in [0.25, 0.3) is 0 Å². The zero-order valence-corrected chi connectivity index (χ0v) is 12.7. The number of nitrogens with one attached hydrogen (secondary N) is 2. The molecule has 0 aliphatic carbocycles. The predicted molar refractivity (Wildman–Crippen MR) is 83.7 cm³/mol. The SMILES string of the molecule is CN(C)c1c(Cl)cccc1NC(=O)CN1CCNCC1. The van der Waals surface area contributed by atoms with Gasteiger partial charge in [-0.1, -0.05) is 17.7 Å². The van der Waals surface area contributed by atoms with E-state index in [1.54, 1.807) is 0 Å². The first-order valence-electron chi connectivity index (χ1n) is 6.76. The number of rotatable bonds is 4. The molecule has 1 aromatic rings. The normalized spacial score (nSPS) is 15.9. The molecule has 1 amide bonds. The average molecular weight is 297 g/mol. The Morgan fingerprint density at radius 3 is 2.75 bits per heavy atom. The van der Waals surface area contributed by atoms with Crippen molar-refractivity contribution in [2.45, 2.75) is 0 Å². The summed E-state index contributed by atoms with van der Waals surface area (Å²) in [6.07, 6.45) is 0. The van der Waals surface area contributed by atoms with E-state index < -0.39 is 0 Å². The molecular weight excluding hydrogens is 276 g/mol. The molecule has 6 heteroatoms. The lowest BCUT2D eigenvalue weighted by Crippen LogP contribution is -2.46. The number of benzene rings is 1. The Balaban J connectivity index is 2.02. The number of para-hydroxylation sites is 1. The fourth-order valence-electron chi connectivity index (χ4n) is 2.33. The smallest absolute Gasteiger partial charge is 0.238 e. The third-order valence-corrected chi connectivity index (χ3v) is 3.59. The molecule has 1 aliphatic heterocycles. The van der Waals surface area contributed by atoms with E-state index in [-0.39, 0.29) is 5.91 Å². The number of hydrogen-bond donors (Lipinski definition) is 2.